The fourth-order valence-corrected chi connectivity index (χ4v) is 1.19. The molecule has 92 valence electrons. The number of methoxy groups -OCH3 is 1. The number of nitriles is 1. The van der Waals surface area contributed by atoms with Crippen LogP contribution in [0.25, 0.3) is 0 Å². The van der Waals surface area contributed by atoms with Gasteiger partial charge in [-0.15, -0.1) is 0 Å². The van der Waals surface area contributed by atoms with Crippen LogP contribution in [-0.2, 0) is 28.7 Å². The number of carbonyl (C=O) groups is 1. The molecule has 0 spiro atoms. The van der Waals surface area contributed by atoms with E-state index >= 15 is 0 Å². The summed E-state index contributed by atoms with van der Waals surface area (Å²) in [7, 11) is 1.12. The Morgan fingerprint density at radius 1 is 1.65 bits per heavy atom. The third kappa shape index (κ3) is 3.21. The molecule has 0 aliphatic carbocycles. The summed E-state index contributed by atoms with van der Waals surface area (Å²) in [5, 5.41) is 11.6. The van der Waals surface area contributed by atoms with Crippen molar-refractivity contribution < 1.29 is 22.7 Å². The first-order valence-corrected chi connectivity index (χ1v) is 4.45. The highest BCUT2D eigenvalue weighted by Crippen LogP contribution is 2.30. The Morgan fingerprint density at radius 3 is 2.76 bits per heavy atom. The molecule has 0 amide bonds. The molecule has 0 aliphatic heterocycles. The zero-order valence-electron chi connectivity index (χ0n) is 8.78. The van der Waals surface area contributed by atoms with Gasteiger partial charge in [0.1, 0.15) is 6.54 Å². The first-order chi connectivity index (χ1) is 7.88. The monoisotopic (exact) mass is 247 g/mol. The third-order valence-electron chi connectivity index (χ3n) is 1.89. The van der Waals surface area contributed by atoms with E-state index in [9.17, 15) is 18.0 Å². The van der Waals surface area contributed by atoms with Crippen molar-refractivity contribution in [3.8, 4) is 6.07 Å². The summed E-state index contributed by atoms with van der Waals surface area (Å²) >= 11 is 0. The molecule has 1 aromatic heterocycles. The van der Waals surface area contributed by atoms with Crippen molar-refractivity contribution in [2.24, 2.45) is 0 Å². The highest BCUT2D eigenvalue weighted by molar-refractivity contribution is 5.68. The fraction of sp³-hybridized carbons (Fsp3) is 0.444. The van der Waals surface area contributed by atoms with Gasteiger partial charge in [0, 0.05) is 11.8 Å². The Hall–Kier alpha value is -2.04. The summed E-state index contributed by atoms with van der Waals surface area (Å²) in [6.45, 7) is -0.426. The standard InChI is InChI=1S/C9H8F3N3O2/c1-17-7(16)5-15-4-6(2-3-13)8(14-15)9(10,11)12/h4H,2,5H2,1H3. The average molecular weight is 247 g/mol. The molecule has 5 nitrogen and oxygen atoms in total. The Morgan fingerprint density at radius 2 is 2.29 bits per heavy atom. The van der Waals surface area contributed by atoms with Gasteiger partial charge in [-0.1, -0.05) is 0 Å². The number of ether oxygens (including phenoxy) is 1. The molecular formula is C9H8F3N3O2. The maximum absolute atomic E-state index is 12.5. The van der Waals surface area contributed by atoms with E-state index in [-0.39, 0.29) is 5.56 Å². The van der Waals surface area contributed by atoms with Crippen LogP contribution in [0.3, 0.4) is 0 Å². The predicted octanol–water partition coefficient (Wildman–Crippen LogP) is 1.14. The molecular weight excluding hydrogens is 239 g/mol. The lowest BCUT2D eigenvalue weighted by molar-refractivity contribution is -0.144. The van der Waals surface area contributed by atoms with Gasteiger partial charge < -0.3 is 4.74 Å². The summed E-state index contributed by atoms with van der Waals surface area (Å²) < 4.78 is 42.6. The molecule has 0 bridgehead atoms. The number of hydrogen-bond acceptors (Lipinski definition) is 4. The van der Waals surface area contributed by atoms with E-state index in [1.807, 2.05) is 0 Å². The van der Waals surface area contributed by atoms with Crippen molar-refractivity contribution in [2.45, 2.75) is 19.1 Å². The zero-order chi connectivity index (χ0) is 13.1. The summed E-state index contributed by atoms with van der Waals surface area (Å²) in [6, 6.07) is 1.61. The third-order valence-corrected chi connectivity index (χ3v) is 1.89. The van der Waals surface area contributed by atoms with Gasteiger partial charge in [0.25, 0.3) is 0 Å². The van der Waals surface area contributed by atoms with Crippen molar-refractivity contribution in [1.82, 2.24) is 9.78 Å². The first-order valence-electron chi connectivity index (χ1n) is 4.45. The Kier molecular flexibility index (Phi) is 3.73. The second-order valence-electron chi connectivity index (χ2n) is 3.11. The molecule has 1 rings (SSSR count). The van der Waals surface area contributed by atoms with Gasteiger partial charge in [-0.25, -0.2) is 0 Å². The van der Waals surface area contributed by atoms with Crippen LogP contribution in [0.4, 0.5) is 13.2 Å². The molecule has 0 N–H and O–H groups in total. The summed E-state index contributed by atoms with van der Waals surface area (Å²) in [5.41, 5.74) is -1.41. The Bertz CT molecular complexity index is 459. The molecule has 0 saturated heterocycles. The molecule has 0 unspecified atom stereocenters. The van der Waals surface area contributed by atoms with E-state index in [1.165, 1.54) is 0 Å². The van der Waals surface area contributed by atoms with Gasteiger partial charge >= 0.3 is 12.1 Å². The predicted molar refractivity (Wildman–Crippen MR) is 48.6 cm³/mol. The summed E-state index contributed by atoms with van der Waals surface area (Å²) in [5.74, 6) is -0.718. The lowest BCUT2D eigenvalue weighted by atomic mass is 10.2. The fourth-order valence-electron chi connectivity index (χ4n) is 1.19. The van der Waals surface area contributed by atoms with E-state index in [4.69, 9.17) is 5.26 Å². The SMILES string of the molecule is COC(=O)Cn1cc(CC#N)c(C(F)(F)F)n1. The number of carbonyl (C=O) groups excluding carboxylic acids is 1. The van der Waals surface area contributed by atoms with Gasteiger partial charge in [0.15, 0.2) is 5.69 Å². The highest BCUT2D eigenvalue weighted by atomic mass is 19.4. The van der Waals surface area contributed by atoms with Crippen LogP contribution in [0, 0.1) is 11.3 Å². The lowest BCUT2D eigenvalue weighted by Crippen LogP contribution is -2.14. The second kappa shape index (κ2) is 4.86. The topological polar surface area (TPSA) is 67.9 Å². The molecule has 0 aromatic carbocycles. The number of nitrogens with zero attached hydrogens (tertiary/aromatic N) is 3. The number of esters is 1. The number of alkyl halides is 3. The number of hydrogen-bond donors (Lipinski definition) is 0. The number of rotatable bonds is 3. The smallest absolute Gasteiger partial charge is 0.435 e. The summed E-state index contributed by atoms with van der Waals surface area (Å²) in [6.07, 6.45) is -4.05. The lowest BCUT2D eigenvalue weighted by Gasteiger charge is -2.03. The van der Waals surface area contributed by atoms with Crippen LogP contribution < -0.4 is 0 Å². The molecule has 1 aromatic rings. The van der Waals surface area contributed by atoms with Gasteiger partial charge in [-0.3, -0.25) is 9.48 Å². The van der Waals surface area contributed by atoms with E-state index in [1.54, 1.807) is 6.07 Å². The Labute approximate surface area is 94.4 Å². The average Bonchev–Trinajstić information content (AvgIpc) is 2.61. The largest absolute Gasteiger partial charge is 0.468 e. The minimum atomic E-state index is -4.65. The minimum absolute atomic E-state index is 0.260. The van der Waals surface area contributed by atoms with Crippen LogP contribution in [0.5, 0.6) is 0 Å². The van der Waals surface area contributed by atoms with Gasteiger partial charge in [-0.05, 0) is 0 Å². The van der Waals surface area contributed by atoms with Gasteiger partial charge in [0.2, 0.25) is 0 Å². The van der Waals surface area contributed by atoms with E-state index in [2.05, 4.69) is 9.84 Å². The van der Waals surface area contributed by atoms with Crippen molar-refractivity contribution in [2.75, 3.05) is 7.11 Å². The maximum Gasteiger partial charge on any atom is 0.435 e. The zero-order valence-corrected chi connectivity index (χ0v) is 8.78. The van der Waals surface area contributed by atoms with Crippen LogP contribution >= 0.6 is 0 Å². The Balaban J connectivity index is 3.05. The molecule has 0 atom stereocenters. The van der Waals surface area contributed by atoms with Crippen molar-refractivity contribution in [3.63, 3.8) is 0 Å². The van der Waals surface area contributed by atoms with Crippen molar-refractivity contribution in [1.29, 1.82) is 5.26 Å². The van der Waals surface area contributed by atoms with Gasteiger partial charge in [-0.2, -0.15) is 23.5 Å². The molecule has 0 radical (unpaired) electrons. The highest BCUT2D eigenvalue weighted by Gasteiger charge is 2.37. The molecule has 17 heavy (non-hydrogen) atoms. The molecule has 0 aliphatic rings. The van der Waals surface area contributed by atoms with Crippen LogP contribution in [0.15, 0.2) is 6.20 Å². The van der Waals surface area contributed by atoms with Crippen molar-refractivity contribution in [3.05, 3.63) is 17.5 Å². The van der Waals surface area contributed by atoms with Crippen LogP contribution in [-0.4, -0.2) is 22.9 Å². The first kappa shape index (κ1) is 13.0. The maximum atomic E-state index is 12.5. The van der Waals surface area contributed by atoms with E-state index in [0.29, 0.717) is 0 Å². The second-order valence-corrected chi connectivity index (χ2v) is 3.11. The molecule has 0 fully saturated rings. The molecule has 0 saturated carbocycles. The van der Waals surface area contributed by atoms with Crippen molar-refractivity contribution >= 4 is 5.97 Å². The molecule has 8 heteroatoms. The van der Waals surface area contributed by atoms with Gasteiger partial charge in [0.05, 0.1) is 19.6 Å². The summed E-state index contributed by atoms with van der Waals surface area (Å²) in [4.78, 5) is 10.9. The van der Waals surface area contributed by atoms with E-state index < -0.39 is 30.8 Å². The van der Waals surface area contributed by atoms with E-state index in [0.717, 1.165) is 18.0 Å². The van der Waals surface area contributed by atoms with Crippen LogP contribution in [0.2, 0.25) is 0 Å². The van der Waals surface area contributed by atoms with Crippen LogP contribution in [0.1, 0.15) is 11.3 Å². The number of halogens is 3. The molecule has 1 heterocycles. The quantitative estimate of drug-likeness (QED) is 0.751. The normalized spacial score (nSPS) is 11.0. The number of aromatic nitrogens is 2. The minimum Gasteiger partial charge on any atom is -0.468 e.